The van der Waals surface area contributed by atoms with Gasteiger partial charge in [-0.2, -0.15) is 0 Å². The molecule has 1 aliphatic carbocycles. The molecule has 1 fully saturated rings. The van der Waals surface area contributed by atoms with E-state index in [0.717, 1.165) is 19.1 Å². The molecule has 6 nitrogen and oxygen atoms in total. The topological polar surface area (TPSA) is 106 Å². The van der Waals surface area contributed by atoms with Crippen LogP contribution in [0.25, 0.3) is 0 Å². The lowest BCUT2D eigenvalue weighted by Crippen LogP contribution is -2.41. The van der Waals surface area contributed by atoms with Crippen molar-refractivity contribution in [2.24, 2.45) is 11.7 Å². The van der Waals surface area contributed by atoms with Gasteiger partial charge >= 0.3 is 0 Å². The van der Waals surface area contributed by atoms with E-state index in [2.05, 4.69) is 20.7 Å². The molecule has 0 heterocycles. The average Bonchev–Trinajstić information content (AvgIpc) is 3.18. The minimum Gasteiger partial charge on any atom is -0.329 e. The molecule has 1 saturated carbocycles. The summed E-state index contributed by atoms with van der Waals surface area (Å²) in [5.74, 6) is 0.291. The summed E-state index contributed by atoms with van der Waals surface area (Å²) in [6.45, 7) is 0.239. The maximum absolute atomic E-state index is 12.4. The van der Waals surface area contributed by atoms with Crippen LogP contribution >= 0.6 is 15.9 Å². The van der Waals surface area contributed by atoms with Crippen molar-refractivity contribution in [1.29, 1.82) is 0 Å². The van der Waals surface area contributed by atoms with Crippen molar-refractivity contribution in [1.82, 2.24) is 4.72 Å². The van der Waals surface area contributed by atoms with Crippen LogP contribution in [0.3, 0.4) is 0 Å². The van der Waals surface area contributed by atoms with Crippen molar-refractivity contribution in [3.63, 3.8) is 0 Å². The Labute approximate surface area is 133 Å². The lowest BCUT2D eigenvalue weighted by atomic mass is 10.2. The second kappa shape index (κ2) is 5.96. The van der Waals surface area contributed by atoms with Crippen LogP contribution in [0, 0.1) is 5.92 Å². The van der Waals surface area contributed by atoms with Gasteiger partial charge in [0.15, 0.2) is 9.84 Å². The fraction of sp³-hybridized carbons (Fsp3) is 0.500. The predicted octanol–water partition coefficient (Wildman–Crippen LogP) is 0.868. The third kappa shape index (κ3) is 4.04. The molecule has 2 rings (SSSR count). The van der Waals surface area contributed by atoms with E-state index in [9.17, 15) is 16.8 Å². The largest absolute Gasteiger partial charge is 0.329 e. The molecular formula is C12H17BrN2O4S2. The molecule has 118 valence electrons. The second-order valence-electron chi connectivity index (χ2n) is 5.17. The van der Waals surface area contributed by atoms with E-state index < -0.39 is 19.9 Å². The number of benzene rings is 1. The number of hydrogen-bond donors (Lipinski definition) is 2. The molecule has 0 amide bonds. The first-order valence-corrected chi connectivity index (χ1v) is 10.5. The van der Waals surface area contributed by atoms with Crippen LogP contribution < -0.4 is 10.5 Å². The third-order valence-electron chi connectivity index (χ3n) is 3.37. The highest BCUT2D eigenvalue weighted by atomic mass is 79.9. The van der Waals surface area contributed by atoms with Gasteiger partial charge in [0.1, 0.15) is 0 Å². The van der Waals surface area contributed by atoms with Crippen LogP contribution in [0.2, 0.25) is 0 Å². The molecule has 0 saturated heterocycles. The minimum absolute atomic E-state index is 0.00833. The fourth-order valence-electron chi connectivity index (χ4n) is 2.03. The van der Waals surface area contributed by atoms with Gasteiger partial charge in [-0.25, -0.2) is 21.6 Å². The summed E-state index contributed by atoms with van der Waals surface area (Å²) >= 11 is 3.13. The highest BCUT2D eigenvalue weighted by molar-refractivity contribution is 9.10. The van der Waals surface area contributed by atoms with Crippen molar-refractivity contribution in [3.8, 4) is 0 Å². The van der Waals surface area contributed by atoms with E-state index in [1.807, 2.05) is 0 Å². The Hall–Kier alpha value is -0.480. The highest BCUT2D eigenvalue weighted by Crippen LogP contribution is 2.33. The number of rotatable bonds is 6. The Morgan fingerprint density at radius 2 is 1.95 bits per heavy atom. The lowest BCUT2D eigenvalue weighted by Gasteiger charge is -2.17. The van der Waals surface area contributed by atoms with Gasteiger partial charge in [-0.1, -0.05) is 0 Å². The second-order valence-corrected chi connectivity index (χ2v) is 9.72. The van der Waals surface area contributed by atoms with Crippen molar-refractivity contribution in [2.75, 3.05) is 12.8 Å². The van der Waals surface area contributed by atoms with Crippen molar-refractivity contribution in [2.45, 2.75) is 28.7 Å². The van der Waals surface area contributed by atoms with E-state index in [0.29, 0.717) is 5.92 Å². The molecule has 1 unspecified atom stereocenters. The van der Waals surface area contributed by atoms with Gasteiger partial charge in [-0.3, -0.25) is 0 Å². The van der Waals surface area contributed by atoms with Crippen LogP contribution in [-0.2, 0) is 19.9 Å². The zero-order valence-corrected chi connectivity index (χ0v) is 14.6. The highest BCUT2D eigenvalue weighted by Gasteiger charge is 2.34. The standard InChI is InChI=1S/C12H17BrN2O4S2/c1-20(16,17)9-4-5-12(10(13)6-9)21(18,19)15-11(7-14)8-2-3-8/h4-6,8,11,15H,2-3,7,14H2,1H3. The summed E-state index contributed by atoms with van der Waals surface area (Å²) in [6, 6.07) is 3.57. The maximum atomic E-state index is 12.4. The first-order chi connectivity index (χ1) is 9.65. The number of nitrogens with two attached hydrogens (primary N) is 1. The molecule has 0 aliphatic heterocycles. The number of nitrogens with one attached hydrogen (secondary N) is 1. The quantitative estimate of drug-likeness (QED) is 0.741. The van der Waals surface area contributed by atoms with Gasteiger partial charge in [0.2, 0.25) is 10.0 Å². The molecule has 21 heavy (non-hydrogen) atoms. The summed E-state index contributed by atoms with van der Waals surface area (Å²) in [6.07, 6.45) is 3.01. The van der Waals surface area contributed by atoms with Crippen molar-refractivity contribution in [3.05, 3.63) is 22.7 Å². The van der Waals surface area contributed by atoms with Crippen LogP contribution in [0.1, 0.15) is 12.8 Å². The van der Waals surface area contributed by atoms with Gasteiger partial charge in [-0.05, 0) is 52.9 Å². The van der Waals surface area contributed by atoms with E-state index in [4.69, 9.17) is 5.73 Å². The van der Waals surface area contributed by atoms with Crippen LogP contribution in [0.15, 0.2) is 32.5 Å². The molecule has 1 atom stereocenters. The summed E-state index contributed by atoms with van der Waals surface area (Å²) in [5.41, 5.74) is 5.60. The average molecular weight is 397 g/mol. The van der Waals surface area contributed by atoms with Gasteiger partial charge < -0.3 is 5.73 Å². The lowest BCUT2D eigenvalue weighted by molar-refractivity contribution is 0.519. The fourth-order valence-corrected chi connectivity index (χ4v) is 5.22. The first kappa shape index (κ1) is 16.9. The summed E-state index contributed by atoms with van der Waals surface area (Å²) in [7, 11) is -7.13. The molecule has 0 radical (unpaired) electrons. The molecule has 9 heteroatoms. The van der Waals surface area contributed by atoms with E-state index in [-0.39, 0.29) is 26.9 Å². The molecule has 0 aromatic heterocycles. The Balaban J connectivity index is 2.32. The smallest absolute Gasteiger partial charge is 0.241 e. The van der Waals surface area contributed by atoms with Gasteiger partial charge in [-0.15, -0.1) is 0 Å². The number of sulfonamides is 1. The minimum atomic E-state index is -3.74. The van der Waals surface area contributed by atoms with E-state index in [1.54, 1.807) is 0 Å². The molecule has 0 bridgehead atoms. The zero-order valence-electron chi connectivity index (χ0n) is 11.4. The summed E-state index contributed by atoms with van der Waals surface area (Å²) < 4.78 is 50.5. The van der Waals surface area contributed by atoms with E-state index >= 15 is 0 Å². The Bertz CT molecular complexity index is 743. The SMILES string of the molecule is CS(=O)(=O)c1ccc(S(=O)(=O)NC(CN)C2CC2)c(Br)c1. The molecule has 1 aliphatic rings. The third-order valence-corrected chi connectivity index (χ3v) is 6.95. The van der Waals surface area contributed by atoms with Gasteiger partial charge in [0.05, 0.1) is 9.79 Å². The predicted molar refractivity (Wildman–Crippen MR) is 83.1 cm³/mol. The zero-order chi connectivity index (χ0) is 15.8. The first-order valence-electron chi connectivity index (χ1n) is 6.37. The van der Waals surface area contributed by atoms with E-state index in [1.165, 1.54) is 18.2 Å². The summed E-state index contributed by atoms with van der Waals surface area (Å²) in [5, 5.41) is 0. The molecule has 1 aromatic rings. The Morgan fingerprint density at radius 3 is 2.38 bits per heavy atom. The number of sulfone groups is 1. The monoisotopic (exact) mass is 396 g/mol. The van der Waals surface area contributed by atoms with Crippen molar-refractivity contribution < 1.29 is 16.8 Å². The number of hydrogen-bond acceptors (Lipinski definition) is 5. The molecule has 0 spiro atoms. The molecular weight excluding hydrogens is 380 g/mol. The molecule has 3 N–H and O–H groups in total. The normalized spacial score (nSPS) is 17.7. The molecule has 1 aromatic carbocycles. The Kier molecular flexibility index (Phi) is 4.79. The van der Waals surface area contributed by atoms with Crippen LogP contribution in [0.4, 0.5) is 0 Å². The van der Waals surface area contributed by atoms with Crippen LogP contribution in [0.5, 0.6) is 0 Å². The summed E-state index contributed by atoms with van der Waals surface area (Å²) in [4.78, 5) is 0.0693. The Morgan fingerprint density at radius 1 is 1.33 bits per heavy atom. The number of halogens is 1. The van der Waals surface area contributed by atoms with Crippen molar-refractivity contribution >= 4 is 35.8 Å². The maximum Gasteiger partial charge on any atom is 0.241 e. The van der Waals surface area contributed by atoms with Gasteiger partial charge in [0, 0.05) is 23.3 Å². The van der Waals surface area contributed by atoms with Gasteiger partial charge in [0.25, 0.3) is 0 Å². The van der Waals surface area contributed by atoms with Crippen LogP contribution in [-0.4, -0.2) is 35.7 Å².